The average molecular weight is 408 g/mol. The molecule has 1 aliphatic rings. The SMILES string of the molecule is Cc1ccc(Cc2nsc(N3CCN(C(=O)Nc4cccc(C)c4)CC3)n2)cc1. The Kier molecular flexibility index (Phi) is 5.76. The minimum Gasteiger partial charge on any atom is -0.343 e. The largest absolute Gasteiger partial charge is 0.343 e. The quantitative estimate of drug-likeness (QED) is 0.707. The van der Waals surface area contributed by atoms with Crippen molar-refractivity contribution in [3.63, 3.8) is 0 Å². The highest BCUT2D eigenvalue weighted by Crippen LogP contribution is 2.21. The zero-order valence-electron chi connectivity index (χ0n) is 16.8. The van der Waals surface area contributed by atoms with E-state index in [1.807, 2.05) is 36.1 Å². The molecule has 1 fully saturated rings. The Bertz CT molecular complexity index is 977. The van der Waals surface area contributed by atoms with E-state index in [1.165, 1.54) is 22.7 Å². The summed E-state index contributed by atoms with van der Waals surface area (Å²) < 4.78 is 4.52. The lowest BCUT2D eigenvalue weighted by Gasteiger charge is -2.34. The fraction of sp³-hybridized carbons (Fsp3) is 0.318. The number of nitrogens with zero attached hydrogens (tertiary/aromatic N) is 4. The molecule has 2 amide bonds. The van der Waals surface area contributed by atoms with Gasteiger partial charge in [-0.1, -0.05) is 42.0 Å². The number of benzene rings is 2. The van der Waals surface area contributed by atoms with Crippen molar-refractivity contribution in [1.29, 1.82) is 0 Å². The van der Waals surface area contributed by atoms with Gasteiger partial charge in [0.15, 0.2) is 0 Å². The van der Waals surface area contributed by atoms with Gasteiger partial charge in [0.2, 0.25) is 5.13 Å². The molecule has 1 aliphatic heterocycles. The van der Waals surface area contributed by atoms with Gasteiger partial charge in [0.1, 0.15) is 5.82 Å². The molecule has 0 aliphatic carbocycles. The third-order valence-corrected chi connectivity index (χ3v) is 5.86. The fourth-order valence-corrected chi connectivity index (χ4v) is 4.10. The Morgan fingerprint density at radius 2 is 1.79 bits per heavy atom. The normalized spacial score (nSPS) is 14.1. The van der Waals surface area contributed by atoms with Gasteiger partial charge in [0, 0.05) is 49.8 Å². The summed E-state index contributed by atoms with van der Waals surface area (Å²) in [7, 11) is 0. The summed E-state index contributed by atoms with van der Waals surface area (Å²) in [6, 6.07) is 16.3. The molecule has 150 valence electrons. The Morgan fingerprint density at radius 3 is 2.52 bits per heavy atom. The van der Waals surface area contributed by atoms with Crippen LogP contribution in [0.5, 0.6) is 0 Å². The smallest absolute Gasteiger partial charge is 0.321 e. The molecule has 0 bridgehead atoms. The predicted octanol–water partition coefficient (Wildman–Crippen LogP) is 4.10. The van der Waals surface area contributed by atoms with Crippen LogP contribution >= 0.6 is 11.5 Å². The minimum atomic E-state index is -0.0485. The number of piperazine rings is 1. The Hall–Kier alpha value is -2.93. The number of hydrogen-bond acceptors (Lipinski definition) is 5. The van der Waals surface area contributed by atoms with Crippen molar-refractivity contribution in [3.8, 4) is 0 Å². The lowest BCUT2D eigenvalue weighted by molar-refractivity contribution is 0.208. The van der Waals surface area contributed by atoms with Crippen LogP contribution in [0.15, 0.2) is 48.5 Å². The van der Waals surface area contributed by atoms with Crippen molar-refractivity contribution in [2.75, 3.05) is 36.4 Å². The van der Waals surface area contributed by atoms with Crippen molar-refractivity contribution in [2.45, 2.75) is 20.3 Å². The molecule has 1 N–H and O–H groups in total. The Morgan fingerprint density at radius 1 is 1.03 bits per heavy atom. The molecule has 7 heteroatoms. The fourth-order valence-electron chi connectivity index (χ4n) is 3.36. The van der Waals surface area contributed by atoms with E-state index in [9.17, 15) is 4.79 Å². The first-order valence-corrected chi connectivity index (χ1v) is 10.6. The minimum absolute atomic E-state index is 0.0485. The maximum atomic E-state index is 12.5. The summed E-state index contributed by atoms with van der Waals surface area (Å²) >= 11 is 1.44. The van der Waals surface area contributed by atoms with E-state index in [4.69, 9.17) is 4.98 Å². The second-order valence-corrected chi connectivity index (χ2v) is 8.16. The summed E-state index contributed by atoms with van der Waals surface area (Å²) in [5.74, 6) is 0.855. The second kappa shape index (κ2) is 8.61. The van der Waals surface area contributed by atoms with E-state index < -0.39 is 0 Å². The molecule has 1 aromatic heterocycles. The van der Waals surface area contributed by atoms with Crippen LogP contribution in [0.4, 0.5) is 15.6 Å². The van der Waals surface area contributed by atoms with Gasteiger partial charge in [0.05, 0.1) is 0 Å². The number of aromatic nitrogens is 2. The molecule has 0 unspecified atom stereocenters. The number of anilines is 2. The van der Waals surface area contributed by atoms with Gasteiger partial charge in [-0.2, -0.15) is 4.37 Å². The highest BCUT2D eigenvalue weighted by molar-refractivity contribution is 7.09. The number of aryl methyl sites for hydroxylation is 2. The van der Waals surface area contributed by atoms with E-state index in [0.29, 0.717) is 13.1 Å². The van der Waals surface area contributed by atoms with E-state index in [-0.39, 0.29) is 6.03 Å². The molecular weight excluding hydrogens is 382 g/mol. The number of nitrogens with one attached hydrogen (secondary N) is 1. The maximum absolute atomic E-state index is 12.5. The summed E-state index contributed by atoms with van der Waals surface area (Å²) in [5, 5.41) is 3.92. The molecule has 0 saturated carbocycles. The molecule has 2 aromatic carbocycles. The standard InChI is InChI=1S/C22H25N5OS/c1-16-6-8-18(9-7-16)15-20-24-22(29-25-20)27-12-10-26(11-13-27)21(28)23-19-5-3-4-17(2)14-19/h3-9,14H,10-13,15H2,1-2H3,(H,23,28). The van der Waals surface area contributed by atoms with Gasteiger partial charge in [0.25, 0.3) is 0 Å². The van der Waals surface area contributed by atoms with E-state index in [1.54, 1.807) is 0 Å². The summed E-state index contributed by atoms with van der Waals surface area (Å²) in [4.78, 5) is 21.3. The number of urea groups is 1. The van der Waals surface area contributed by atoms with E-state index >= 15 is 0 Å². The molecule has 0 radical (unpaired) electrons. The van der Waals surface area contributed by atoms with Crippen LogP contribution in [0.25, 0.3) is 0 Å². The van der Waals surface area contributed by atoms with Crippen LogP contribution in [0.1, 0.15) is 22.5 Å². The van der Waals surface area contributed by atoms with Crippen molar-refractivity contribution in [3.05, 3.63) is 71.0 Å². The zero-order chi connectivity index (χ0) is 20.2. The lowest BCUT2D eigenvalue weighted by atomic mass is 10.1. The van der Waals surface area contributed by atoms with Crippen LogP contribution in [-0.4, -0.2) is 46.5 Å². The summed E-state index contributed by atoms with van der Waals surface area (Å²) in [6.07, 6.45) is 0.746. The van der Waals surface area contributed by atoms with Crippen molar-refractivity contribution >= 4 is 28.4 Å². The topological polar surface area (TPSA) is 61.4 Å². The number of carbonyl (C=O) groups excluding carboxylic acids is 1. The van der Waals surface area contributed by atoms with Gasteiger partial charge in [-0.15, -0.1) is 0 Å². The first-order chi connectivity index (χ1) is 14.1. The van der Waals surface area contributed by atoms with Gasteiger partial charge in [-0.3, -0.25) is 0 Å². The van der Waals surface area contributed by atoms with Crippen LogP contribution < -0.4 is 10.2 Å². The monoisotopic (exact) mass is 407 g/mol. The zero-order valence-corrected chi connectivity index (χ0v) is 17.6. The predicted molar refractivity (Wildman–Crippen MR) is 118 cm³/mol. The first kappa shape index (κ1) is 19.4. The lowest BCUT2D eigenvalue weighted by Crippen LogP contribution is -2.50. The van der Waals surface area contributed by atoms with Crippen LogP contribution in [0.2, 0.25) is 0 Å². The molecular formula is C22H25N5OS. The highest BCUT2D eigenvalue weighted by Gasteiger charge is 2.23. The van der Waals surface area contributed by atoms with Gasteiger partial charge in [-0.05, 0) is 37.1 Å². The summed E-state index contributed by atoms with van der Waals surface area (Å²) in [6.45, 7) is 6.98. The van der Waals surface area contributed by atoms with Crippen molar-refractivity contribution in [1.82, 2.24) is 14.3 Å². The van der Waals surface area contributed by atoms with Crippen molar-refractivity contribution < 1.29 is 4.79 Å². The van der Waals surface area contributed by atoms with Crippen LogP contribution in [0, 0.1) is 13.8 Å². The average Bonchev–Trinajstić information content (AvgIpc) is 3.18. The van der Waals surface area contributed by atoms with Crippen molar-refractivity contribution in [2.24, 2.45) is 0 Å². The molecule has 2 heterocycles. The van der Waals surface area contributed by atoms with Crippen LogP contribution in [0.3, 0.4) is 0 Å². The molecule has 1 saturated heterocycles. The Labute approximate surface area is 175 Å². The number of amides is 2. The molecule has 4 rings (SSSR count). The van der Waals surface area contributed by atoms with E-state index in [0.717, 1.165) is 41.7 Å². The second-order valence-electron chi connectivity index (χ2n) is 7.43. The molecule has 0 spiro atoms. The van der Waals surface area contributed by atoms with Gasteiger partial charge in [-0.25, -0.2) is 9.78 Å². The third kappa shape index (κ3) is 4.92. The molecule has 29 heavy (non-hydrogen) atoms. The van der Waals surface area contributed by atoms with Gasteiger partial charge >= 0.3 is 6.03 Å². The highest BCUT2D eigenvalue weighted by atomic mass is 32.1. The molecule has 3 aromatic rings. The first-order valence-electron chi connectivity index (χ1n) is 9.82. The number of hydrogen-bond donors (Lipinski definition) is 1. The molecule has 0 atom stereocenters. The third-order valence-electron chi connectivity index (χ3n) is 5.05. The summed E-state index contributed by atoms with van der Waals surface area (Å²) in [5.41, 5.74) is 4.44. The van der Waals surface area contributed by atoms with E-state index in [2.05, 4.69) is 45.8 Å². The van der Waals surface area contributed by atoms with Crippen LogP contribution in [-0.2, 0) is 6.42 Å². The number of rotatable bonds is 4. The molecule has 6 nitrogen and oxygen atoms in total. The Balaban J connectivity index is 1.31. The maximum Gasteiger partial charge on any atom is 0.321 e. The number of carbonyl (C=O) groups is 1. The van der Waals surface area contributed by atoms with Gasteiger partial charge < -0.3 is 15.1 Å².